The summed E-state index contributed by atoms with van der Waals surface area (Å²) in [5.41, 5.74) is 1.83. The van der Waals surface area contributed by atoms with Gasteiger partial charge in [-0.15, -0.1) is 0 Å². The van der Waals surface area contributed by atoms with Gasteiger partial charge in [0.1, 0.15) is 11.9 Å². The molecule has 2 heterocycles. The van der Waals surface area contributed by atoms with E-state index in [0.29, 0.717) is 6.61 Å². The van der Waals surface area contributed by atoms with Crippen molar-refractivity contribution in [3.63, 3.8) is 0 Å². The topological polar surface area (TPSA) is 59.0 Å². The van der Waals surface area contributed by atoms with Crippen LogP contribution in [0.5, 0.6) is 5.75 Å². The van der Waals surface area contributed by atoms with Crippen molar-refractivity contribution in [1.29, 1.82) is 0 Å². The highest BCUT2D eigenvalue weighted by atomic mass is 16.6. The second kappa shape index (κ2) is 4.17. The number of phenolic OH excluding ortho intramolecular Hbond substituents is 1. The minimum Gasteiger partial charge on any atom is -0.508 e. The first-order chi connectivity index (χ1) is 8.70. The molecule has 96 valence electrons. The van der Waals surface area contributed by atoms with E-state index in [0.717, 1.165) is 24.1 Å². The summed E-state index contributed by atoms with van der Waals surface area (Å²) < 4.78 is 10.4. The number of fused-ring (bicyclic) bond motifs is 3. The lowest BCUT2D eigenvalue weighted by molar-refractivity contribution is 0.0581. The van der Waals surface area contributed by atoms with Crippen molar-refractivity contribution in [2.24, 2.45) is 0 Å². The zero-order valence-electron chi connectivity index (χ0n) is 10.1. The molecule has 5 nitrogen and oxygen atoms in total. The SMILES string of the molecule is COC[C@H]1OC(=O)N2c3ccc(O)cc3CC[C@H]12. The molecule has 2 aliphatic rings. The molecule has 0 saturated carbocycles. The smallest absolute Gasteiger partial charge is 0.415 e. The normalized spacial score (nSPS) is 25.6. The van der Waals surface area contributed by atoms with E-state index in [-0.39, 0.29) is 24.0 Å². The Hall–Kier alpha value is -1.75. The van der Waals surface area contributed by atoms with Crippen molar-refractivity contribution in [2.75, 3.05) is 18.6 Å². The van der Waals surface area contributed by atoms with E-state index in [2.05, 4.69) is 0 Å². The van der Waals surface area contributed by atoms with Crippen molar-refractivity contribution >= 4 is 11.8 Å². The molecule has 1 fully saturated rings. The van der Waals surface area contributed by atoms with Gasteiger partial charge in [0, 0.05) is 7.11 Å². The van der Waals surface area contributed by atoms with E-state index in [9.17, 15) is 9.90 Å². The Morgan fingerprint density at radius 3 is 3.17 bits per heavy atom. The molecule has 3 rings (SSSR count). The van der Waals surface area contributed by atoms with E-state index in [4.69, 9.17) is 9.47 Å². The Balaban J connectivity index is 1.97. The molecule has 5 heteroatoms. The highest BCUT2D eigenvalue weighted by Crippen LogP contribution is 2.38. The van der Waals surface area contributed by atoms with Crippen molar-refractivity contribution in [1.82, 2.24) is 0 Å². The van der Waals surface area contributed by atoms with E-state index in [1.807, 2.05) is 0 Å². The predicted molar refractivity (Wildman–Crippen MR) is 64.8 cm³/mol. The number of nitrogens with zero attached hydrogens (tertiary/aromatic N) is 1. The minimum atomic E-state index is -0.325. The van der Waals surface area contributed by atoms with Gasteiger partial charge >= 0.3 is 6.09 Å². The fourth-order valence-corrected chi connectivity index (χ4v) is 2.78. The Labute approximate surface area is 105 Å². The van der Waals surface area contributed by atoms with Crippen LogP contribution in [-0.4, -0.2) is 37.1 Å². The van der Waals surface area contributed by atoms with Crippen molar-refractivity contribution < 1.29 is 19.4 Å². The minimum absolute atomic E-state index is 0.0366. The number of phenols is 1. The second-order valence-corrected chi connectivity index (χ2v) is 4.67. The van der Waals surface area contributed by atoms with Crippen LogP contribution in [0.3, 0.4) is 0 Å². The molecule has 2 atom stereocenters. The molecule has 0 unspecified atom stereocenters. The molecule has 0 radical (unpaired) electrons. The summed E-state index contributed by atoms with van der Waals surface area (Å²) in [6, 6.07) is 5.11. The molecule has 1 aromatic carbocycles. The first kappa shape index (κ1) is 11.3. The van der Waals surface area contributed by atoms with E-state index < -0.39 is 0 Å². The van der Waals surface area contributed by atoms with Gasteiger partial charge in [-0.3, -0.25) is 4.90 Å². The van der Waals surface area contributed by atoms with Crippen LogP contribution < -0.4 is 4.90 Å². The maximum absolute atomic E-state index is 11.9. The number of methoxy groups -OCH3 is 1. The lowest BCUT2D eigenvalue weighted by Gasteiger charge is -2.31. The van der Waals surface area contributed by atoms with Crippen LogP contribution in [0.4, 0.5) is 10.5 Å². The summed E-state index contributed by atoms with van der Waals surface area (Å²) in [5.74, 6) is 0.230. The highest BCUT2D eigenvalue weighted by Gasteiger charge is 2.45. The number of rotatable bonds is 2. The molecule has 0 bridgehead atoms. The monoisotopic (exact) mass is 249 g/mol. The Morgan fingerprint density at radius 2 is 2.39 bits per heavy atom. The third-order valence-electron chi connectivity index (χ3n) is 3.57. The molecule has 0 spiro atoms. The first-order valence-electron chi connectivity index (χ1n) is 6.01. The van der Waals surface area contributed by atoms with Gasteiger partial charge in [-0.2, -0.15) is 0 Å². The number of ether oxygens (including phenoxy) is 2. The molecule has 1 amide bonds. The highest BCUT2D eigenvalue weighted by molar-refractivity contribution is 5.92. The maximum atomic E-state index is 11.9. The maximum Gasteiger partial charge on any atom is 0.415 e. The average molecular weight is 249 g/mol. The predicted octanol–water partition coefficient (Wildman–Crippen LogP) is 1.68. The third kappa shape index (κ3) is 1.62. The summed E-state index contributed by atoms with van der Waals surface area (Å²) in [6.45, 7) is 0.417. The van der Waals surface area contributed by atoms with Crippen LogP contribution in [0.25, 0.3) is 0 Å². The Morgan fingerprint density at radius 1 is 1.56 bits per heavy atom. The molecular formula is C13H15NO4. The third-order valence-corrected chi connectivity index (χ3v) is 3.57. The van der Waals surface area contributed by atoms with Crippen molar-refractivity contribution in [2.45, 2.75) is 25.0 Å². The van der Waals surface area contributed by atoms with Crippen LogP contribution in [-0.2, 0) is 15.9 Å². The van der Waals surface area contributed by atoms with E-state index >= 15 is 0 Å². The summed E-state index contributed by atoms with van der Waals surface area (Å²) >= 11 is 0. The number of hydrogen-bond acceptors (Lipinski definition) is 4. The number of aryl methyl sites for hydroxylation is 1. The van der Waals surface area contributed by atoms with Crippen LogP contribution >= 0.6 is 0 Å². The Kier molecular flexibility index (Phi) is 2.63. The largest absolute Gasteiger partial charge is 0.508 e. The van der Waals surface area contributed by atoms with Crippen LogP contribution in [0.1, 0.15) is 12.0 Å². The van der Waals surface area contributed by atoms with Crippen LogP contribution in [0.15, 0.2) is 18.2 Å². The zero-order chi connectivity index (χ0) is 12.7. The quantitative estimate of drug-likeness (QED) is 0.866. The van der Waals surface area contributed by atoms with Gasteiger partial charge in [0.15, 0.2) is 0 Å². The molecule has 18 heavy (non-hydrogen) atoms. The zero-order valence-corrected chi connectivity index (χ0v) is 10.1. The van der Waals surface area contributed by atoms with E-state index in [1.165, 1.54) is 0 Å². The molecule has 2 aliphatic heterocycles. The van der Waals surface area contributed by atoms with Gasteiger partial charge < -0.3 is 14.6 Å². The molecule has 1 saturated heterocycles. The summed E-state index contributed by atoms with van der Waals surface area (Å²) in [5, 5.41) is 9.48. The summed E-state index contributed by atoms with van der Waals surface area (Å²) in [7, 11) is 1.60. The van der Waals surface area contributed by atoms with Crippen molar-refractivity contribution in [3.05, 3.63) is 23.8 Å². The number of hydrogen-bond donors (Lipinski definition) is 1. The fraction of sp³-hybridized carbons (Fsp3) is 0.462. The standard InChI is InChI=1S/C13H15NO4/c1-17-7-12-11-4-2-8-6-9(15)3-5-10(8)14(11)13(16)18-12/h3,5-6,11-12,15H,2,4,7H2,1H3/t11-,12-/m1/s1. The summed E-state index contributed by atoms with van der Waals surface area (Å²) in [6.07, 6.45) is 1.14. The second-order valence-electron chi connectivity index (χ2n) is 4.67. The molecule has 0 aromatic heterocycles. The number of carbonyl (C=O) groups is 1. The fourth-order valence-electron chi connectivity index (χ4n) is 2.78. The first-order valence-corrected chi connectivity index (χ1v) is 6.01. The van der Waals surface area contributed by atoms with Gasteiger partial charge in [-0.05, 0) is 36.6 Å². The lowest BCUT2D eigenvalue weighted by Crippen LogP contribution is -2.41. The van der Waals surface area contributed by atoms with Crippen LogP contribution in [0, 0.1) is 0 Å². The van der Waals surface area contributed by atoms with Gasteiger partial charge in [-0.25, -0.2) is 4.79 Å². The van der Waals surface area contributed by atoms with Crippen LogP contribution in [0.2, 0.25) is 0 Å². The number of benzene rings is 1. The van der Waals surface area contributed by atoms with Gasteiger partial charge in [0.05, 0.1) is 18.3 Å². The average Bonchev–Trinajstić information content (AvgIpc) is 2.67. The van der Waals surface area contributed by atoms with Crippen molar-refractivity contribution in [3.8, 4) is 5.75 Å². The van der Waals surface area contributed by atoms with Gasteiger partial charge in [0.2, 0.25) is 0 Å². The van der Waals surface area contributed by atoms with Gasteiger partial charge in [0.25, 0.3) is 0 Å². The van der Waals surface area contributed by atoms with E-state index in [1.54, 1.807) is 30.2 Å². The number of cyclic esters (lactones) is 1. The number of aromatic hydroxyl groups is 1. The molecule has 0 aliphatic carbocycles. The number of amides is 1. The molecule has 1 N–H and O–H groups in total. The summed E-state index contributed by atoms with van der Waals surface area (Å²) in [4.78, 5) is 13.6. The number of carbonyl (C=O) groups excluding carboxylic acids is 1. The lowest BCUT2D eigenvalue weighted by atomic mass is 9.94. The molecule has 1 aromatic rings. The molecular weight excluding hydrogens is 234 g/mol. The Bertz CT molecular complexity index is 488. The number of anilines is 1. The van der Waals surface area contributed by atoms with Gasteiger partial charge in [-0.1, -0.05) is 0 Å².